The van der Waals surface area contributed by atoms with E-state index in [0.29, 0.717) is 6.54 Å². The summed E-state index contributed by atoms with van der Waals surface area (Å²) in [7, 11) is 1.76. The highest BCUT2D eigenvalue weighted by Crippen LogP contribution is 2.16. The third kappa shape index (κ3) is 5.45. The quantitative estimate of drug-likeness (QED) is 0.417. The molecular formula is C15H24IN5OS. The molecule has 0 aromatic carbocycles. The van der Waals surface area contributed by atoms with Crippen molar-refractivity contribution in [1.29, 1.82) is 0 Å². The van der Waals surface area contributed by atoms with Gasteiger partial charge >= 0.3 is 0 Å². The molecule has 128 valence electrons. The van der Waals surface area contributed by atoms with Crippen LogP contribution in [0.25, 0.3) is 0 Å². The Morgan fingerprint density at radius 1 is 1.17 bits per heavy atom. The second-order valence-corrected chi connectivity index (χ2v) is 6.44. The molecule has 2 rings (SSSR count). The number of aliphatic imine (C=N–C) groups is 1. The Hall–Kier alpha value is -1.16. The van der Waals surface area contributed by atoms with Crippen LogP contribution >= 0.6 is 35.3 Å². The predicted molar refractivity (Wildman–Crippen MR) is 105 cm³/mol. The van der Waals surface area contributed by atoms with Crippen LogP contribution in [-0.2, 0) is 13.0 Å². The van der Waals surface area contributed by atoms with Crippen LogP contribution < -0.4 is 10.6 Å². The van der Waals surface area contributed by atoms with Gasteiger partial charge in [0.1, 0.15) is 5.76 Å². The third-order valence-corrected chi connectivity index (χ3v) is 4.67. The maximum atomic E-state index is 5.16. The lowest BCUT2D eigenvalue weighted by Gasteiger charge is -2.11. The summed E-state index contributed by atoms with van der Waals surface area (Å²) in [5.41, 5.74) is 3.12. The number of nitrogens with zero attached hydrogens (tertiary/aromatic N) is 3. The lowest BCUT2D eigenvalue weighted by molar-refractivity contribution is 0.392. The molecule has 6 nitrogen and oxygen atoms in total. The zero-order chi connectivity index (χ0) is 16.1. The molecule has 2 N–H and O–H groups in total. The molecule has 0 aliphatic heterocycles. The van der Waals surface area contributed by atoms with Gasteiger partial charge in [-0.05, 0) is 27.7 Å². The van der Waals surface area contributed by atoms with Crippen molar-refractivity contribution in [3.05, 3.63) is 32.6 Å². The van der Waals surface area contributed by atoms with Gasteiger partial charge < -0.3 is 15.2 Å². The van der Waals surface area contributed by atoms with Gasteiger partial charge in [-0.2, -0.15) is 0 Å². The number of aromatic nitrogens is 2. The highest BCUT2D eigenvalue weighted by atomic mass is 127. The first-order valence-corrected chi connectivity index (χ1v) is 8.12. The van der Waals surface area contributed by atoms with Gasteiger partial charge in [-0.3, -0.25) is 4.99 Å². The van der Waals surface area contributed by atoms with Crippen molar-refractivity contribution < 1.29 is 4.52 Å². The van der Waals surface area contributed by atoms with Crippen LogP contribution in [0.2, 0.25) is 0 Å². The summed E-state index contributed by atoms with van der Waals surface area (Å²) >= 11 is 1.76. The van der Waals surface area contributed by atoms with Crippen molar-refractivity contribution in [2.24, 2.45) is 4.99 Å². The molecule has 0 atom stereocenters. The first-order chi connectivity index (χ1) is 10.5. The Labute approximate surface area is 158 Å². The molecule has 0 unspecified atom stereocenters. The van der Waals surface area contributed by atoms with Crippen LogP contribution in [0.1, 0.15) is 32.6 Å². The number of hydrogen-bond donors (Lipinski definition) is 2. The SMILES string of the molecule is CN=C(NCCc1nc(C)c(C)s1)NCc1c(C)noc1C.I. The van der Waals surface area contributed by atoms with Gasteiger partial charge in [0.05, 0.1) is 16.4 Å². The van der Waals surface area contributed by atoms with E-state index in [1.807, 2.05) is 20.8 Å². The first-order valence-electron chi connectivity index (χ1n) is 7.30. The van der Waals surface area contributed by atoms with E-state index in [2.05, 4.69) is 32.7 Å². The number of hydrogen-bond acceptors (Lipinski definition) is 5. The van der Waals surface area contributed by atoms with E-state index in [1.54, 1.807) is 18.4 Å². The Morgan fingerprint density at radius 2 is 1.91 bits per heavy atom. The summed E-state index contributed by atoms with van der Waals surface area (Å²) in [6, 6.07) is 0. The number of aryl methyl sites for hydroxylation is 4. The molecule has 0 saturated carbocycles. The fraction of sp³-hybridized carbons (Fsp3) is 0.533. The zero-order valence-electron chi connectivity index (χ0n) is 14.2. The standard InChI is InChI=1S/C15H23N5OS.HI/c1-9-12(4)22-14(19-9)6-7-17-15(16-5)18-8-13-10(2)20-21-11(13)3;/h6-8H2,1-5H3,(H2,16,17,18);1H. The van der Waals surface area contributed by atoms with Crippen LogP contribution in [0.4, 0.5) is 0 Å². The number of halogens is 1. The minimum Gasteiger partial charge on any atom is -0.361 e. The second kappa shape index (κ2) is 9.21. The second-order valence-electron chi connectivity index (χ2n) is 5.15. The minimum atomic E-state index is 0. The number of guanidine groups is 1. The molecule has 8 heteroatoms. The number of thiazole rings is 1. The van der Waals surface area contributed by atoms with Crippen molar-refractivity contribution in [2.45, 2.75) is 40.7 Å². The number of rotatable bonds is 5. The van der Waals surface area contributed by atoms with Crippen LogP contribution in [0.3, 0.4) is 0 Å². The van der Waals surface area contributed by atoms with Crippen molar-refractivity contribution >= 4 is 41.3 Å². The molecule has 0 aliphatic carbocycles. The zero-order valence-corrected chi connectivity index (χ0v) is 17.3. The van der Waals surface area contributed by atoms with E-state index in [9.17, 15) is 0 Å². The van der Waals surface area contributed by atoms with Crippen molar-refractivity contribution in [3.8, 4) is 0 Å². The van der Waals surface area contributed by atoms with Gasteiger partial charge in [0.25, 0.3) is 0 Å². The molecule has 23 heavy (non-hydrogen) atoms. The van der Waals surface area contributed by atoms with E-state index >= 15 is 0 Å². The maximum Gasteiger partial charge on any atom is 0.191 e. The summed E-state index contributed by atoms with van der Waals surface area (Å²) in [6.07, 6.45) is 0.894. The fourth-order valence-corrected chi connectivity index (χ4v) is 3.01. The summed E-state index contributed by atoms with van der Waals surface area (Å²) in [5, 5.41) is 11.7. The molecule has 2 heterocycles. The molecular weight excluding hydrogens is 425 g/mol. The van der Waals surface area contributed by atoms with Gasteiger partial charge in [0.2, 0.25) is 0 Å². The average molecular weight is 449 g/mol. The normalized spacial score (nSPS) is 11.3. The lowest BCUT2D eigenvalue weighted by Crippen LogP contribution is -2.38. The molecule has 0 aliphatic rings. The summed E-state index contributed by atoms with van der Waals surface area (Å²) in [5.74, 6) is 1.61. The van der Waals surface area contributed by atoms with E-state index in [4.69, 9.17) is 4.52 Å². The molecule has 0 saturated heterocycles. The van der Waals surface area contributed by atoms with Crippen LogP contribution in [0, 0.1) is 27.7 Å². The maximum absolute atomic E-state index is 5.16. The minimum absolute atomic E-state index is 0. The Kier molecular flexibility index (Phi) is 7.97. The molecule has 2 aromatic heterocycles. The average Bonchev–Trinajstić information content (AvgIpc) is 2.97. The van der Waals surface area contributed by atoms with E-state index < -0.39 is 0 Å². The molecule has 0 radical (unpaired) electrons. The van der Waals surface area contributed by atoms with Crippen molar-refractivity contribution in [1.82, 2.24) is 20.8 Å². The van der Waals surface area contributed by atoms with Gasteiger partial charge in [-0.15, -0.1) is 35.3 Å². The highest BCUT2D eigenvalue weighted by Gasteiger charge is 2.09. The monoisotopic (exact) mass is 449 g/mol. The van der Waals surface area contributed by atoms with Gasteiger partial charge in [0, 0.05) is 37.0 Å². The van der Waals surface area contributed by atoms with E-state index in [0.717, 1.165) is 46.6 Å². The predicted octanol–water partition coefficient (Wildman–Crippen LogP) is 2.89. The van der Waals surface area contributed by atoms with E-state index in [1.165, 1.54) is 4.88 Å². The van der Waals surface area contributed by atoms with Gasteiger partial charge in [-0.25, -0.2) is 4.98 Å². The molecule has 0 fully saturated rings. The Morgan fingerprint density at radius 3 is 2.43 bits per heavy atom. The Balaban J connectivity index is 0.00000264. The fourth-order valence-electron chi connectivity index (χ4n) is 2.08. The topological polar surface area (TPSA) is 75.3 Å². The third-order valence-electron chi connectivity index (χ3n) is 3.54. The van der Waals surface area contributed by atoms with E-state index in [-0.39, 0.29) is 24.0 Å². The van der Waals surface area contributed by atoms with Crippen molar-refractivity contribution in [2.75, 3.05) is 13.6 Å². The molecule has 0 spiro atoms. The summed E-state index contributed by atoms with van der Waals surface area (Å²) in [6.45, 7) is 9.46. The summed E-state index contributed by atoms with van der Waals surface area (Å²) < 4.78 is 5.16. The van der Waals surface area contributed by atoms with Crippen LogP contribution in [0.5, 0.6) is 0 Å². The summed E-state index contributed by atoms with van der Waals surface area (Å²) in [4.78, 5) is 10.1. The van der Waals surface area contributed by atoms with Crippen molar-refractivity contribution in [3.63, 3.8) is 0 Å². The molecule has 0 bridgehead atoms. The smallest absolute Gasteiger partial charge is 0.191 e. The first kappa shape index (κ1) is 19.9. The van der Waals surface area contributed by atoms with Crippen LogP contribution in [-0.4, -0.2) is 29.7 Å². The largest absolute Gasteiger partial charge is 0.361 e. The Bertz CT molecular complexity index is 626. The molecule has 2 aromatic rings. The van der Waals surface area contributed by atoms with Gasteiger partial charge in [-0.1, -0.05) is 5.16 Å². The highest BCUT2D eigenvalue weighted by molar-refractivity contribution is 14.0. The van der Waals surface area contributed by atoms with Gasteiger partial charge in [0.15, 0.2) is 5.96 Å². The molecule has 0 amide bonds. The number of nitrogens with one attached hydrogen (secondary N) is 2. The van der Waals surface area contributed by atoms with Crippen LogP contribution in [0.15, 0.2) is 9.52 Å². The lowest BCUT2D eigenvalue weighted by atomic mass is 10.2.